The summed E-state index contributed by atoms with van der Waals surface area (Å²) in [6.07, 6.45) is 0. The summed E-state index contributed by atoms with van der Waals surface area (Å²) in [6, 6.07) is 11.2. The first-order valence-corrected chi connectivity index (χ1v) is 4.51. The Balaban J connectivity index is 0.00000112. The van der Waals surface area contributed by atoms with Crippen molar-refractivity contribution in [2.45, 2.75) is 6.92 Å². The monoisotopic (exact) mass is 316 g/mol. The van der Waals surface area contributed by atoms with Gasteiger partial charge in [0.05, 0.1) is 5.69 Å². The zero-order valence-corrected chi connectivity index (χ0v) is 11.0. The molecule has 0 spiro atoms. The van der Waals surface area contributed by atoms with Gasteiger partial charge in [-0.2, -0.15) is 0 Å². The lowest BCUT2D eigenvalue weighted by Gasteiger charge is -2.07. The molecular weight excluding hydrogens is 303 g/mol. The lowest BCUT2D eigenvalue weighted by Crippen LogP contribution is -2.18. The SMILES string of the molecule is Cc1cc(=O)n(-c2ccccc2)n1C.I. The number of nitrogens with zero attached hydrogens (tertiary/aromatic N) is 2. The van der Waals surface area contributed by atoms with Gasteiger partial charge in [-0.25, -0.2) is 4.68 Å². The molecule has 80 valence electrons. The molecule has 0 fully saturated rings. The summed E-state index contributed by atoms with van der Waals surface area (Å²) in [7, 11) is 1.88. The topological polar surface area (TPSA) is 26.9 Å². The third kappa shape index (κ3) is 2.14. The Morgan fingerprint density at radius 1 is 1.13 bits per heavy atom. The van der Waals surface area contributed by atoms with Crippen molar-refractivity contribution in [2.24, 2.45) is 7.05 Å². The number of benzene rings is 1. The number of para-hydroxylation sites is 1. The third-order valence-electron chi connectivity index (χ3n) is 2.35. The highest BCUT2D eigenvalue weighted by molar-refractivity contribution is 14.0. The minimum absolute atomic E-state index is 0. The summed E-state index contributed by atoms with van der Waals surface area (Å²) < 4.78 is 3.49. The first kappa shape index (κ1) is 12.0. The average molecular weight is 316 g/mol. The molecule has 0 aliphatic carbocycles. The van der Waals surface area contributed by atoms with Gasteiger partial charge in [0.25, 0.3) is 5.56 Å². The van der Waals surface area contributed by atoms with Crippen LogP contribution in [0.15, 0.2) is 41.2 Å². The van der Waals surface area contributed by atoms with E-state index in [1.165, 1.54) is 0 Å². The van der Waals surface area contributed by atoms with Crippen LogP contribution in [-0.4, -0.2) is 9.36 Å². The molecule has 0 saturated carbocycles. The van der Waals surface area contributed by atoms with Crippen molar-refractivity contribution in [3.05, 3.63) is 52.4 Å². The van der Waals surface area contributed by atoms with E-state index < -0.39 is 0 Å². The van der Waals surface area contributed by atoms with Crippen LogP contribution in [0.3, 0.4) is 0 Å². The summed E-state index contributed by atoms with van der Waals surface area (Å²) in [4.78, 5) is 11.6. The summed E-state index contributed by atoms with van der Waals surface area (Å²) in [5, 5.41) is 0. The van der Waals surface area contributed by atoms with Crippen molar-refractivity contribution < 1.29 is 0 Å². The van der Waals surface area contributed by atoms with Crippen LogP contribution in [0.25, 0.3) is 5.69 Å². The number of aromatic nitrogens is 2. The van der Waals surface area contributed by atoms with Crippen LogP contribution < -0.4 is 5.56 Å². The molecule has 0 saturated heterocycles. The molecule has 2 aromatic rings. The second kappa shape index (κ2) is 4.65. The fourth-order valence-electron chi connectivity index (χ4n) is 1.51. The number of halogens is 1. The minimum Gasteiger partial charge on any atom is -0.285 e. The Morgan fingerprint density at radius 2 is 1.73 bits per heavy atom. The van der Waals surface area contributed by atoms with E-state index in [0.29, 0.717) is 0 Å². The molecule has 1 aromatic heterocycles. The van der Waals surface area contributed by atoms with Gasteiger partial charge < -0.3 is 0 Å². The predicted molar refractivity (Wildman–Crippen MR) is 71.2 cm³/mol. The zero-order valence-electron chi connectivity index (χ0n) is 8.68. The highest BCUT2D eigenvalue weighted by atomic mass is 127. The molecule has 15 heavy (non-hydrogen) atoms. The Hall–Kier alpha value is -1.04. The van der Waals surface area contributed by atoms with E-state index in [-0.39, 0.29) is 29.5 Å². The zero-order chi connectivity index (χ0) is 10.1. The summed E-state index contributed by atoms with van der Waals surface area (Å²) in [5.41, 5.74) is 1.86. The molecule has 2 rings (SSSR count). The van der Waals surface area contributed by atoms with Crippen LogP contribution in [-0.2, 0) is 7.05 Å². The van der Waals surface area contributed by atoms with Crippen molar-refractivity contribution >= 4 is 24.0 Å². The molecule has 0 bridgehead atoms. The quantitative estimate of drug-likeness (QED) is 0.740. The second-order valence-electron chi connectivity index (χ2n) is 3.29. The smallest absolute Gasteiger partial charge is 0.271 e. The van der Waals surface area contributed by atoms with E-state index in [1.54, 1.807) is 10.7 Å². The lowest BCUT2D eigenvalue weighted by molar-refractivity contribution is 0.630. The third-order valence-corrected chi connectivity index (χ3v) is 2.35. The molecule has 1 aromatic carbocycles. The number of rotatable bonds is 1. The predicted octanol–water partition coefficient (Wildman–Crippen LogP) is 2.10. The van der Waals surface area contributed by atoms with E-state index in [2.05, 4.69) is 0 Å². The molecule has 0 N–H and O–H groups in total. The molecule has 0 unspecified atom stereocenters. The van der Waals surface area contributed by atoms with E-state index in [1.807, 2.05) is 49.0 Å². The van der Waals surface area contributed by atoms with Crippen molar-refractivity contribution in [3.8, 4) is 5.69 Å². The van der Waals surface area contributed by atoms with Gasteiger partial charge in [0.2, 0.25) is 0 Å². The molecule has 0 amide bonds. The molecule has 0 radical (unpaired) electrons. The summed E-state index contributed by atoms with van der Waals surface area (Å²) in [5.74, 6) is 0. The molecule has 1 heterocycles. The number of aryl methyl sites for hydroxylation is 1. The van der Waals surface area contributed by atoms with Gasteiger partial charge in [-0.3, -0.25) is 9.48 Å². The minimum atomic E-state index is 0. The van der Waals surface area contributed by atoms with Crippen LogP contribution >= 0.6 is 24.0 Å². The Labute approximate surface area is 105 Å². The molecule has 3 nitrogen and oxygen atoms in total. The molecule has 0 aliphatic heterocycles. The Kier molecular flexibility index (Phi) is 3.73. The van der Waals surface area contributed by atoms with Crippen molar-refractivity contribution in [2.75, 3.05) is 0 Å². The Morgan fingerprint density at radius 3 is 2.20 bits per heavy atom. The van der Waals surface area contributed by atoms with Crippen LogP contribution in [0.5, 0.6) is 0 Å². The fraction of sp³-hybridized carbons (Fsp3) is 0.182. The molecular formula is C11H13IN2O. The molecule has 0 aliphatic rings. The van der Waals surface area contributed by atoms with Gasteiger partial charge in [0.1, 0.15) is 0 Å². The number of hydrogen-bond acceptors (Lipinski definition) is 1. The van der Waals surface area contributed by atoms with E-state index >= 15 is 0 Å². The standard InChI is InChI=1S/C11H12N2O.HI/c1-9-8-11(14)13(12(9)2)10-6-4-3-5-7-10;/h3-8H,1-2H3;1H. The van der Waals surface area contributed by atoms with Crippen LogP contribution in [0.2, 0.25) is 0 Å². The maximum atomic E-state index is 11.6. The number of hydrogen-bond donors (Lipinski definition) is 0. The highest BCUT2D eigenvalue weighted by Gasteiger charge is 2.05. The lowest BCUT2D eigenvalue weighted by atomic mass is 10.3. The van der Waals surface area contributed by atoms with Gasteiger partial charge in [-0.1, -0.05) is 18.2 Å². The van der Waals surface area contributed by atoms with Crippen molar-refractivity contribution in [1.82, 2.24) is 9.36 Å². The van der Waals surface area contributed by atoms with E-state index in [4.69, 9.17) is 0 Å². The first-order chi connectivity index (χ1) is 6.70. The van der Waals surface area contributed by atoms with Crippen LogP contribution in [0, 0.1) is 6.92 Å². The van der Waals surface area contributed by atoms with Gasteiger partial charge in [-0.15, -0.1) is 24.0 Å². The van der Waals surface area contributed by atoms with Crippen molar-refractivity contribution in [1.29, 1.82) is 0 Å². The first-order valence-electron chi connectivity index (χ1n) is 4.51. The molecule has 4 heteroatoms. The summed E-state index contributed by atoms with van der Waals surface area (Å²) >= 11 is 0. The Bertz CT molecular complexity index is 499. The highest BCUT2D eigenvalue weighted by Crippen LogP contribution is 2.04. The van der Waals surface area contributed by atoms with Crippen LogP contribution in [0.1, 0.15) is 5.69 Å². The fourth-order valence-corrected chi connectivity index (χ4v) is 1.51. The average Bonchev–Trinajstić information content (AvgIpc) is 2.43. The van der Waals surface area contributed by atoms with Crippen molar-refractivity contribution in [3.63, 3.8) is 0 Å². The van der Waals surface area contributed by atoms with Gasteiger partial charge in [0.15, 0.2) is 0 Å². The van der Waals surface area contributed by atoms with E-state index in [0.717, 1.165) is 11.4 Å². The van der Waals surface area contributed by atoms with Gasteiger partial charge >= 0.3 is 0 Å². The van der Waals surface area contributed by atoms with Crippen LogP contribution in [0.4, 0.5) is 0 Å². The maximum absolute atomic E-state index is 11.6. The largest absolute Gasteiger partial charge is 0.285 e. The van der Waals surface area contributed by atoms with Gasteiger partial charge in [0, 0.05) is 18.8 Å². The maximum Gasteiger partial charge on any atom is 0.271 e. The summed E-state index contributed by atoms with van der Waals surface area (Å²) in [6.45, 7) is 1.92. The normalized spacial score (nSPS) is 9.73. The second-order valence-corrected chi connectivity index (χ2v) is 3.29. The van der Waals surface area contributed by atoms with E-state index in [9.17, 15) is 4.79 Å². The van der Waals surface area contributed by atoms with Gasteiger partial charge in [-0.05, 0) is 19.1 Å². The molecule has 0 atom stereocenters.